The zero-order chi connectivity index (χ0) is 14.1. The third-order valence-corrected chi connectivity index (χ3v) is 2.67. The van der Waals surface area contributed by atoms with Crippen LogP contribution in [0.4, 0.5) is 0 Å². The summed E-state index contributed by atoms with van der Waals surface area (Å²) in [5.74, 6) is -0.567. The molecule has 0 saturated carbocycles. The maximum Gasteiger partial charge on any atom is 0.251 e. The molecule has 0 aliphatic heterocycles. The first kappa shape index (κ1) is 15.5. The highest BCUT2D eigenvalue weighted by molar-refractivity contribution is 6.30. The molecule has 2 amide bonds. The van der Waals surface area contributed by atoms with Crippen LogP contribution >= 0.6 is 11.6 Å². The normalized spacial score (nSPS) is 10.0. The Morgan fingerprint density at radius 1 is 1.11 bits per heavy atom. The second kappa shape index (κ2) is 8.50. The molecule has 19 heavy (non-hydrogen) atoms. The maximum atomic E-state index is 11.7. The molecule has 0 aromatic heterocycles. The number of carbonyl (C=O) groups is 2. The van der Waals surface area contributed by atoms with E-state index in [1.54, 1.807) is 24.3 Å². The Hall–Kier alpha value is -1.59. The van der Waals surface area contributed by atoms with Crippen molar-refractivity contribution in [1.29, 1.82) is 0 Å². The molecular weight excluding hydrogens is 268 g/mol. The molecule has 0 radical (unpaired) electrons. The summed E-state index contributed by atoms with van der Waals surface area (Å²) in [6.45, 7) is 0.542. The summed E-state index contributed by atoms with van der Waals surface area (Å²) in [6, 6.07) is 6.42. The summed E-state index contributed by atoms with van der Waals surface area (Å²) in [4.78, 5) is 23.1. The highest BCUT2D eigenvalue weighted by Crippen LogP contribution is 2.09. The van der Waals surface area contributed by atoms with Gasteiger partial charge in [0.1, 0.15) is 0 Å². The zero-order valence-corrected chi connectivity index (χ0v) is 11.2. The number of benzene rings is 1. The predicted molar refractivity (Wildman–Crippen MR) is 73.1 cm³/mol. The number of halogens is 1. The smallest absolute Gasteiger partial charge is 0.251 e. The fraction of sp³-hybridized carbons (Fsp3) is 0.385. The van der Waals surface area contributed by atoms with Gasteiger partial charge in [-0.05, 0) is 37.1 Å². The number of amides is 2. The van der Waals surface area contributed by atoms with Gasteiger partial charge in [-0.3, -0.25) is 9.59 Å². The van der Waals surface area contributed by atoms with Crippen molar-refractivity contribution in [3.05, 3.63) is 34.9 Å². The van der Waals surface area contributed by atoms with Crippen molar-refractivity contribution in [1.82, 2.24) is 10.6 Å². The molecule has 104 valence electrons. The Balaban J connectivity index is 2.26. The molecule has 1 rings (SSSR count). The van der Waals surface area contributed by atoms with Crippen molar-refractivity contribution in [2.45, 2.75) is 12.8 Å². The van der Waals surface area contributed by atoms with E-state index in [0.29, 0.717) is 30.0 Å². The van der Waals surface area contributed by atoms with Crippen LogP contribution in [0.5, 0.6) is 0 Å². The second-order valence-electron chi connectivity index (χ2n) is 3.97. The SMILES string of the molecule is O=C(CNC(=O)c1ccc(Cl)cc1)NCCCCO. The van der Waals surface area contributed by atoms with E-state index in [0.717, 1.165) is 0 Å². The summed E-state index contributed by atoms with van der Waals surface area (Å²) in [5, 5.41) is 14.3. The van der Waals surface area contributed by atoms with Gasteiger partial charge in [-0.25, -0.2) is 0 Å². The minimum atomic E-state index is -0.317. The highest BCUT2D eigenvalue weighted by Gasteiger charge is 2.07. The van der Waals surface area contributed by atoms with Gasteiger partial charge in [0, 0.05) is 23.7 Å². The van der Waals surface area contributed by atoms with Gasteiger partial charge < -0.3 is 15.7 Å². The Kier molecular flexibility index (Phi) is 6.92. The predicted octanol–water partition coefficient (Wildman–Crippen LogP) is 0.958. The van der Waals surface area contributed by atoms with E-state index >= 15 is 0 Å². The Labute approximate surface area is 117 Å². The first-order valence-corrected chi connectivity index (χ1v) is 6.42. The lowest BCUT2D eigenvalue weighted by Gasteiger charge is -2.06. The third kappa shape index (κ3) is 6.22. The Morgan fingerprint density at radius 3 is 2.42 bits per heavy atom. The fourth-order valence-corrected chi connectivity index (χ4v) is 1.52. The fourth-order valence-electron chi connectivity index (χ4n) is 1.39. The molecule has 0 bridgehead atoms. The van der Waals surface area contributed by atoms with Gasteiger partial charge in [-0.1, -0.05) is 11.6 Å². The van der Waals surface area contributed by atoms with Crippen LogP contribution in [0.1, 0.15) is 23.2 Å². The number of nitrogens with one attached hydrogen (secondary N) is 2. The number of aliphatic hydroxyl groups is 1. The third-order valence-electron chi connectivity index (χ3n) is 2.42. The summed E-state index contributed by atoms with van der Waals surface area (Å²) in [6.07, 6.45) is 1.37. The molecule has 5 nitrogen and oxygen atoms in total. The molecule has 6 heteroatoms. The second-order valence-corrected chi connectivity index (χ2v) is 4.41. The van der Waals surface area contributed by atoms with E-state index in [2.05, 4.69) is 10.6 Å². The molecule has 0 fully saturated rings. The van der Waals surface area contributed by atoms with Gasteiger partial charge in [0.25, 0.3) is 5.91 Å². The van der Waals surface area contributed by atoms with Crippen LogP contribution in [-0.2, 0) is 4.79 Å². The van der Waals surface area contributed by atoms with Crippen molar-refractivity contribution in [2.24, 2.45) is 0 Å². The van der Waals surface area contributed by atoms with E-state index in [1.807, 2.05) is 0 Å². The lowest BCUT2D eigenvalue weighted by Crippen LogP contribution is -2.37. The van der Waals surface area contributed by atoms with E-state index in [4.69, 9.17) is 16.7 Å². The summed E-state index contributed by atoms with van der Waals surface area (Å²) < 4.78 is 0. The monoisotopic (exact) mass is 284 g/mol. The van der Waals surface area contributed by atoms with E-state index in [-0.39, 0.29) is 25.0 Å². The quantitative estimate of drug-likeness (QED) is 0.653. The molecular formula is C13H17ClN2O3. The number of rotatable bonds is 7. The Bertz CT molecular complexity index is 420. The number of aliphatic hydroxyl groups excluding tert-OH is 1. The van der Waals surface area contributed by atoms with Gasteiger partial charge in [0.15, 0.2) is 0 Å². The molecule has 0 aliphatic rings. The van der Waals surface area contributed by atoms with E-state index in [1.165, 1.54) is 0 Å². The standard InChI is InChI=1S/C13H17ClN2O3/c14-11-5-3-10(4-6-11)13(19)16-9-12(18)15-7-1-2-8-17/h3-6,17H,1-2,7-9H2,(H,15,18)(H,16,19). The van der Waals surface area contributed by atoms with Gasteiger partial charge in [0.2, 0.25) is 5.91 Å². The van der Waals surface area contributed by atoms with Gasteiger partial charge in [-0.15, -0.1) is 0 Å². The van der Waals surface area contributed by atoms with Crippen molar-refractivity contribution >= 4 is 23.4 Å². The minimum Gasteiger partial charge on any atom is -0.396 e. The van der Waals surface area contributed by atoms with Gasteiger partial charge in [0.05, 0.1) is 6.54 Å². The van der Waals surface area contributed by atoms with Crippen molar-refractivity contribution in [2.75, 3.05) is 19.7 Å². The molecule has 0 saturated heterocycles. The largest absolute Gasteiger partial charge is 0.396 e. The number of hydrogen-bond acceptors (Lipinski definition) is 3. The topological polar surface area (TPSA) is 78.4 Å². The molecule has 0 unspecified atom stereocenters. The lowest BCUT2D eigenvalue weighted by atomic mass is 10.2. The molecule has 0 spiro atoms. The molecule has 0 atom stereocenters. The van der Waals surface area contributed by atoms with Crippen LogP contribution < -0.4 is 10.6 Å². The molecule has 3 N–H and O–H groups in total. The van der Waals surface area contributed by atoms with Crippen LogP contribution in [0.3, 0.4) is 0 Å². The van der Waals surface area contributed by atoms with E-state index < -0.39 is 0 Å². The van der Waals surface area contributed by atoms with E-state index in [9.17, 15) is 9.59 Å². The minimum absolute atomic E-state index is 0.0689. The summed E-state index contributed by atoms with van der Waals surface area (Å²) >= 11 is 5.71. The number of carbonyl (C=O) groups excluding carboxylic acids is 2. The number of unbranched alkanes of at least 4 members (excludes halogenated alkanes) is 1. The van der Waals surface area contributed by atoms with Gasteiger partial charge in [-0.2, -0.15) is 0 Å². The van der Waals surface area contributed by atoms with Gasteiger partial charge >= 0.3 is 0 Å². The molecule has 0 heterocycles. The van der Waals surface area contributed by atoms with Crippen molar-refractivity contribution in [3.8, 4) is 0 Å². The highest BCUT2D eigenvalue weighted by atomic mass is 35.5. The first-order valence-electron chi connectivity index (χ1n) is 6.05. The number of hydrogen-bond donors (Lipinski definition) is 3. The van der Waals surface area contributed by atoms with Crippen molar-refractivity contribution in [3.63, 3.8) is 0 Å². The average molecular weight is 285 g/mol. The lowest BCUT2D eigenvalue weighted by molar-refractivity contribution is -0.120. The molecule has 1 aromatic rings. The Morgan fingerprint density at radius 2 is 1.79 bits per heavy atom. The summed E-state index contributed by atoms with van der Waals surface area (Å²) in [7, 11) is 0. The molecule has 0 aliphatic carbocycles. The first-order chi connectivity index (χ1) is 9.13. The van der Waals surface area contributed by atoms with Crippen LogP contribution in [0.25, 0.3) is 0 Å². The van der Waals surface area contributed by atoms with Crippen molar-refractivity contribution < 1.29 is 14.7 Å². The van der Waals surface area contributed by atoms with Crippen LogP contribution in [0.15, 0.2) is 24.3 Å². The maximum absolute atomic E-state index is 11.7. The van der Waals surface area contributed by atoms with Crippen LogP contribution in [0.2, 0.25) is 5.02 Å². The van der Waals surface area contributed by atoms with Crippen LogP contribution in [0, 0.1) is 0 Å². The van der Waals surface area contributed by atoms with Crippen LogP contribution in [-0.4, -0.2) is 36.6 Å². The summed E-state index contributed by atoms with van der Waals surface area (Å²) in [5.41, 5.74) is 0.456. The zero-order valence-electron chi connectivity index (χ0n) is 10.5. The molecule has 1 aromatic carbocycles. The average Bonchev–Trinajstić information content (AvgIpc) is 2.42.